The predicted molar refractivity (Wildman–Crippen MR) is 325 cm³/mol. The van der Waals surface area contributed by atoms with Crippen molar-refractivity contribution in [1.29, 1.82) is 0 Å². The molecule has 0 saturated carbocycles. The third kappa shape index (κ3) is 11.5. The molecule has 2 nitrogen and oxygen atoms in total. The average Bonchev–Trinajstić information content (AvgIpc) is 4.18. The van der Waals surface area contributed by atoms with E-state index in [0.717, 1.165) is 64.3 Å². The van der Waals surface area contributed by atoms with Crippen molar-refractivity contribution in [2.75, 3.05) is 6.61 Å². The molecule has 0 spiro atoms. The normalized spacial score (nSPS) is 14.5. The lowest BCUT2D eigenvalue weighted by molar-refractivity contribution is 0.0423. The summed E-state index contributed by atoms with van der Waals surface area (Å²) >= 11 is 13.8. The summed E-state index contributed by atoms with van der Waals surface area (Å²) in [6.45, 7) is 23.6. The minimum Gasteiger partial charge on any atom is -0.461 e. The second-order valence-electron chi connectivity index (χ2n) is 22.3. The Morgan fingerprint density at radius 2 is 1.17 bits per heavy atom. The van der Waals surface area contributed by atoms with Crippen LogP contribution >= 0.6 is 90.6 Å². The Morgan fingerprint density at radius 1 is 0.629 bits per heavy atom. The van der Waals surface area contributed by atoms with Crippen LogP contribution in [0.3, 0.4) is 0 Å². The van der Waals surface area contributed by atoms with Crippen LogP contribution in [0.5, 0.6) is 0 Å². The highest BCUT2D eigenvalue weighted by atomic mass is 127. The lowest BCUT2D eigenvalue weighted by Gasteiger charge is -2.34. The molecule has 0 amide bonds. The van der Waals surface area contributed by atoms with Crippen LogP contribution in [0.4, 0.5) is 4.39 Å². The highest BCUT2D eigenvalue weighted by molar-refractivity contribution is 14.1. The number of carbonyl (C=O) groups is 1. The van der Waals surface area contributed by atoms with Gasteiger partial charge in [0.05, 0.1) is 29.0 Å². The summed E-state index contributed by atoms with van der Waals surface area (Å²) in [5.41, 5.74) is 5.13. The molecule has 6 heterocycles. The van der Waals surface area contributed by atoms with Crippen molar-refractivity contribution in [2.45, 2.75) is 226 Å². The molecule has 0 radical (unpaired) electrons. The van der Waals surface area contributed by atoms with Gasteiger partial charge in [-0.3, -0.25) is 0 Å². The number of unbranched alkanes of at least 4 members (excludes halogenated alkanes) is 8. The SMILES string of the molecule is CCCCCCC(CCCC)COC(=O)c1sc2c(C(C)(C)I)sc(-c3cc4sc5c(CC(CCCC)CCCC)c6c(sc7c8c(sc76)C(C)(C)C8)c(CC(CCCC)CCCC)c5c4s3)c2c1F. The van der Waals surface area contributed by atoms with Crippen molar-refractivity contribution >= 4 is 146 Å². The van der Waals surface area contributed by atoms with Crippen LogP contribution in [-0.2, 0) is 32.8 Å². The first kappa shape index (κ1) is 55.1. The van der Waals surface area contributed by atoms with E-state index >= 15 is 4.39 Å². The Morgan fingerprint density at radius 3 is 1.73 bits per heavy atom. The third-order valence-corrected chi connectivity index (χ3v) is 25.0. The number of hydrogen-bond acceptors (Lipinski definition) is 8. The smallest absolute Gasteiger partial charge is 0.351 e. The minimum atomic E-state index is -0.493. The fourth-order valence-electron chi connectivity index (χ4n) is 11.5. The molecule has 1 aliphatic rings. The molecule has 0 aliphatic heterocycles. The maximum Gasteiger partial charge on any atom is 0.351 e. The number of thiophene rings is 6. The van der Waals surface area contributed by atoms with Crippen LogP contribution in [-0.4, -0.2) is 12.6 Å². The van der Waals surface area contributed by atoms with Crippen LogP contribution in [0, 0.1) is 23.6 Å². The summed E-state index contributed by atoms with van der Waals surface area (Å²) in [7, 11) is 0. The van der Waals surface area contributed by atoms with Crippen molar-refractivity contribution in [2.24, 2.45) is 17.8 Å². The van der Waals surface area contributed by atoms with Crippen molar-refractivity contribution in [3.05, 3.63) is 43.2 Å². The summed E-state index contributed by atoms with van der Waals surface area (Å²) in [4.78, 5) is 19.0. The van der Waals surface area contributed by atoms with Crippen molar-refractivity contribution in [3.63, 3.8) is 0 Å². The lowest BCUT2D eigenvalue weighted by atomic mass is 9.73. The monoisotopic (exact) mass is 1170 g/mol. The van der Waals surface area contributed by atoms with E-state index in [-0.39, 0.29) is 19.5 Å². The highest BCUT2D eigenvalue weighted by Crippen LogP contribution is 2.59. The van der Waals surface area contributed by atoms with Gasteiger partial charge in [-0.25, -0.2) is 9.18 Å². The van der Waals surface area contributed by atoms with Gasteiger partial charge in [0.15, 0.2) is 5.82 Å². The van der Waals surface area contributed by atoms with Crippen LogP contribution in [0.1, 0.15) is 234 Å². The molecule has 0 N–H and O–H groups in total. The number of alkyl halides is 1. The Kier molecular flexibility index (Phi) is 19.1. The maximum atomic E-state index is 17.3. The van der Waals surface area contributed by atoms with E-state index in [1.165, 1.54) is 134 Å². The third-order valence-electron chi connectivity index (χ3n) is 15.5. The molecule has 1 aliphatic carbocycles. The molecule has 384 valence electrons. The van der Waals surface area contributed by atoms with Gasteiger partial charge < -0.3 is 4.74 Å². The number of rotatable bonds is 29. The van der Waals surface area contributed by atoms with Gasteiger partial charge >= 0.3 is 5.97 Å². The molecule has 0 saturated heterocycles. The van der Waals surface area contributed by atoms with Gasteiger partial charge in [0.25, 0.3) is 0 Å². The summed E-state index contributed by atoms with van der Waals surface area (Å²) in [5.74, 6) is 0.774. The number of halogens is 2. The summed E-state index contributed by atoms with van der Waals surface area (Å²) in [6.07, 6.45) is 27.9. The van der Waals surface area contributed by atoms with E-state index in [1.807, 2.05) is 22.7 Å². The number of hydrogen-bond donors (Lipinski definition) is 0. The van der Waals surface area contributed by atoms with E-state index in [4.69, 9.17) is 4.74 Å². The molecule has 8 rings (SSSR count). The first-order chi connectivity index (χ1) is 33.7. The summed E-state index contributed by atoms with van der Waals surface area (Å²) in [5, 5.41) is 3.74. The molecule has 1 atom stereocenters. The zero-order chi connectivity index (χ0) is 49.9. The van der Waals surface area contributed by atoms with Gasteiger partial charge in [0.1, 0.15) is 4.88 Å². The van der Waals surface area contributed by atoms with Gasteiger partial charge in [-0.2, -0.15) is 0 Å². The Balaban J connectivity index is 1.30. The molecular formula is C60H82FIO2S6. The Labute approximate surface area is 458 Å². The van der Waals surface area contributed by atoms with Crippen molar-refractivity contribution in [1.82, 2.24) is 0 Å². The van der Waals surface area contributed by atoms with Crippen molar-refractivity contribution < 1.29 is 13.9 Å². The van der Waals surface area contributed by atoms with Crippen molar-refractivity contribution in [3.8, 4) is 9.75 Å². The van der Waals surface area contributed by atoms with E-state index < -0.39 is 5.97 Å². The van der Waals surface area contributed by atoms with Crippen LogP contribution in [0.2, 0.25) is 0 Å². The largest absolute Gasteiger partial charge is 0.461 e. The van der Waals surface area contributed by atoms with Crippen LogP contribution < -0.4 is 0 Å². The highest BCUT2D eigenvalue weighted by Gasteiger charge is 2.40. The molecule has 0 fully saturated rings. The number of fused-ring (bicyclic) bond motifs is 9. The van der Waals surface area contributed by atoms with Crippen LogP contribution in [0.25, 0.3) is 58.8 Å². The molecule has 1 aromatic carbocycles. The van der Waals surface area contributed by atoms with Gasteiger partial charge in [0, 0.05) is 55.0 Å². The summed E-state index contributed by atoms with van der Waals surface area (Å²) in [6, 6.07) is 2.42. The number of carbonyl (C=O) groups excluding carboxylic acids is 1. The zero-order valence-electron chi connectivity index (χ0n) is 44.3. The molecule has 7 aromatic rings. The maximum absolute atomic E-state index is 17.3. The fourth-order valence-corrected chi connectivity index (χ4v) is 21.0. The Hall–Kier alpha value is -1.15. The predicted octanol–water partition coefficient (Wildman–Crippen LogP) is 23.1. The van der Waals surface area contributed by atoms with E-state index in [9.17, 15) is 4.79 Å². The first-order valence-corrected chi connectivity index (χ1v) is 33.7. The van der Waals surface area contributed by atoms with E-state index in [1.54, 1.807) is 52.4 Å². The quantitative estimate of drug-likeness (QED) is 0.0202. The Bertz CT molecular complexity index is 2850. The van der Waals surface area contributed by atoms with Gasteiger partial charge in [0.2, 0.25) is 0 Å². The zero-order valence-corrected chi connectivity index (χ0v) is 51.4. The number of benzene rings is 1. The van der Waals surface area contributed by atoms with Gasteiger partial charge in [-0.05, 0) is 86.5 Å². The number of ether oxygens (including phenoxy) is 1. The molecule has 70 heavy (non-hydrogen) atoms. The van der Waals surface area contributed by atoms with E-state index in [2.05, 4.69) is 121 Å². The molecule has 1 unspecified atom stereocenters. The fraction of sp³-hybridized carbons (Fsp3) is 0.650. The molecule has 10 heteroatoms. The number of esters is 1. The minimum absolute atomic E-state index is 0.141. The van der Waals surface area contributed by atoms with E-state index in [0.29, 0.717) is 29.7 Å². The van der Waals surface area contributed by atoms with Gasteiger partial charge in [-0.1, -0.05) is 194 Å². The van der Waals surface area contributed by atoms with Gasteiger partial charge in [-0.15, -0.1) is 68.0 Å². The molecule has 6 aromatic heterocycles. The first-order valence-electron chi connectivity index (χ1n) is 27.7. The summed E-state index contributed by atoms with van der Waals surface area (Å²) < 4.78 is 33.1. The topological polar surface area (TPSA) is 26.3 Å². The standard InChI is InChI=1S/C60H82FIO2S6/c1-11-17-23-24-30-38(29-22-16-6)35-64-58(63)55-47(61)46-52(69-57(54(46)68-55)60(9,10)62)43-33-42-51(66-43)44-39(31-36(25-18-12-2)26-19-13-3)49-45(53-50(67-49)41-34-59(7,8)56(41)70-53)40(48(44)65-42)32-37(27-20-14-4)28-21-15-5/h33,36-38H,11-32,34-35H2,1-10H3. The molecule has 0 bridgehead atoms. The second kappa shape index (κ2) is 24.2. The molecular weight excluding hydrogens is 1090 g/mol. The lowest BCUT2D eigenvalue weighted by Crippen LogP contribution is -2.29. The average molecular weight is 1170 g/mol. The van der Waals surface area contributed by atoms with Crippen LogP contribution in [0.15, 0.2) is 6.07 Å². The second-order valence-corrected chi connectivity index (χ2v) is 31.2.